The number of carbonyl (C=O) groups excluding carboxylic acids is 2. The number of hydrogen-bond donors (Lipinski definition) is 1. The first-order chi connectivity index (χ1) is 12.6. The number of anilines is 2. The van der Waals surface area contributed by atoms with Gasteiger partial charge in [-0.2, -0.15) is 0 Å². The molecule has 0 radical (unpaired) electrons. The summed E-state index contributed by atoms with van der Waals surface area (Å²) in [5, 5.41) is 2.68. The van der Waals surface area contributed by atoms with E-state index in [0.29, 0.717) is 31.9 Å². The third kappa shape index (κ3) is 3.96. The van der Waals surface area contributed by atoms with E-state index >= 15 is 0 Å². The Balaban J connectivity index is 1.59. The SMILES string of the molecule is COc1ccccc1N1CCN(C(=O)C(=O)Nc2cccc(C)c2)CC1. The molecule has 0 aromatic heterocycles. The van der Waals surface area contributed by atoms with Crippen LogP contribution in [0.15, 0.2) is 48.5 Å². The van der Waals surface area contributed by atoms with E-state index in [-0.39, 0.29) is 0 Å². The molecule has 1 aliphatic heterocycles. The van der Waals surface area contributed by atoms with Crippen LogP contribution < -0.4 is 15.0 Å². The number of hydrogen-bond acceptors (Lipinski definition) is 4. The third-order valence-corrected chi connectivity index (χ3v) is 4.46. The molecule has 2 aromatic rings. The highest BCUT2D eigenvalue weighted by Crippen LogP contribution is 2.28. The first-order valence-corrected chi connectivity index (χ1v) is 8.63. The highest BCUT2D eigenvalue weighted by atomic mass is 16.5. The van der Waals surface area contributed by atoms with Crippen molar-refractivity contribution in [3.63, 3.8) is 0 Å². The Morgan fingerprint density at radius 1 is 1.00 bits per heavy atom. The Labute approximate surface area is 153 Å². The van der Waals surface area contributed by atoms with Crippen LogP contribution in [0.2, 0.25) is 0 Å². The van der Waals surface area contributed by atoms with Gasteiger partial charge in [0.05, 0.1) is 12.8 Å². The summed E-state index contributed by atoms with van der Waals surface area (Å²) in [6.45, 7) is 4.25. The zero-order valence-electron chi connectivity index (χ0n) is 15.1. The summed E-state index contributed by atoms with van der Waals surface area (Å²) in [6, 6.07) is 15.2. The van der Waals surface area contributed by atoms with Gasteiger partial charge >= 0.3 is 11.8 Å². The molecule has 0 spiro atoms. The van der Waals surface area contributed by atoms with Crippen LogP contribution in [0.5, 0.6) is 5.75 Å². The fourth-order valence-corrected chi connectivity index (χ4v) is 3.09. The molecule has 0 bridgehead atoms. The smallest absolute Gasteiger partial charge is 0.313 e. The zero-order valence-corrected chi connectivity index (χ0v) is 15.1. The Hall–Kier alpha value is -3.02. The van der Waals surface area contributed by atoms with Crippen molar-refractivity contribution < 1.29 is 14.3 Å². The summed E-state index contributed by atoms with van der Waals surface area (Å²) in [7, 11) is 1.65. The lowest BCUT2D eigenvalue weighted by molar-refractivity contribution is -0.143. The van der Waals surface area contributed by atoms with E-state index in [1.54, 1.807) is 18.1 Å². The molecule has 0 atom stereocenters. The maximum atomic E-state index is 12.4. The van der Waals surface area contributed by atoms with Gasteiger partial charge in [-0.05, 0) is 36.8 Å². The maximum absolute atomic E-state index is 12.4. The molecule has 136 valence electrons. The van der Waals surface area contributed by atoms with Crippen molar-refractivity contribution in [1.82, 2.24) is 4.90 Å². The number of nitrogens with zero attached hydrogens (tertiary/aromatic N) is 2. The second kappa shape index (κ2) is 7.91. The molecular weight excluding hydrogens is 330 g/mol. The molecule has 6 heteroatoms. The van der Waals surface area contributed by atoms with E-state index in [9.17, 15) is 9.59 Å². The topological polar surface area (TPSA) is 61.9 Å². The van der Waals surface area contributed by atoms with Gasteiger partial charge in [0.15, 0.2) is 0 Å². The van der Waals surface area contributed by atoms with Crippen LogP contribution in [0, 0.1) is 6.92 Å². The first-order valence-electron chi connectivity index (χ1n) is 8.63. The second-order valence-electron chi connectivity index (χ2n) is 6.27. The molecule has 0 aliphatic carbocycles. The van der Waals surface area contributed by atoms with E-state index in [1.165, 1.54) is 0 Å². The highest BCUT2D eigenvalue weighted by Gasteiger charge is 2.27. The Kier molecular flexibility index (Phi) is 5.41. The summed E-state index contributed by atoms with van der Waals surface area (Å²) in [5.41, 5.74) is 2.67. The highest BCUT2D eigenvalue weighted by molar-refractivity contribution is 6.39. The summed E-state index contributed by atoms with van der Waals surface area (Å²) < 4.78 is 5.40. The lowest BCUT2D eigenvalue weighted by atomic mass is 10.2. The van der Waals surface area contributed by atoms with Crippen LogP contribution in [-0.2, 0) is 9.59 Å². The van der Waals surface area contributed by atoms with E-state index in [1.807, 2.05) is 49.4 Å². The quantitative estimate of drug-likeness (QED) is 0.860. The largest absolute Gasteiger partial charge is 0.495 e. The molecule has 1 N–H and O–H groups in total. The van der Waals surface area contributed by atoms with Crippen LogP contribution in [0.4, 0.5) is 11.4 Å². The van der Waals surface area contributed by atoms with Crippen molar-refractivity contribution in [2.75, 3.05) is 43.5 Å². The van der Waals surface area contributed by atoms with Crippen molar-refractivity contribution in [1.29, 1.82) is 0 Å². The summed E-state index contributed by atoms with van der Waals surface area (Å²) in [6.07, 6.45) is 0. The number of ether oxygens (including phenoxy) is 1. The van der Waals surface area contributed by atoms with Gasteiger partial charge in [0, 0.05) is 31.9 Å². The number of carbonyl (C=O) groups is 2. The van der Waals surface area contributed by atoms with E-state index < -0.39 is 11.8 Å². The molecule has 6 nitrogen and oxygen atoms in total. The van der Waals surface area contributed by atoms with Crippen LogP contribution in [-0.4, -0.2) is 50.0 Å². The van der Waals surface area contributed by atoms with Crippen molar-refractivity contribution in [2.45, 2.75) is 6.92 Å². The Bertz CT molecular complexity index is 798. The maximum Gasteiger partial charge on any atom is 0.313 e. The van der Waals surface area contributed by atoms with Gasteiger partial charge in [-0.25, -0.2) is 0 Å². The predicted octanol–water partition coefficient (Wildman–Crippen LogP) is 2.29. The molecule has 1 fully saturated rings. The molecule has 3 rings (SSSR count). The number of piperazine rings is 1. The zero-order chi connectivity index (χ0) is 18.5. The van der Waals surface area contributed by atoms with Gasteiger partial charge in [-0.3, -0.25) is 9.59 Å². The standard InChI is InChI=1S/C20H23N3O3/c1-15-6-5-7-16(14-15)21-19(24)20(25)23-12-10-22(11-13-23)17-8-3-4-9-18(17)26-2/h3-9,14H,10-13H2,1-2H3,(H,21,24). The molecule has 1 saturated heterocycles. The van der Waals surface area contributed by atoms with Crippen molar-refractivity contribution in [3.05, 3.63) is 54.1 Å². The molecule has 26 heavy (non-hydrogen) atoms. The van der Waals surface area contributed by atoms with Crippen molar-refractivity contribution >= 4 is 23.2 Å². The Morgan fingerprint density at radius 2 is 1.73 bits per heavy atom. The minimum absolute atomic E-state index is 0.494. The number of benzene rings is 2. The third-order valence-electron chi connectivity index (χ3n) is 4.46. The number of aryl methyl sites for hydroxylation is 1. The van der Waals surface area contributed by atoms with Crippen molar-refractivity contribution in [2.24, 2.45) is 0 Å². The van der Waals surface area contributed by atoms with Crippen molar-refractivity contribution in [3.8, 4) is 5.75 Å². The number of methoxy groups -OCH3 is 1. The first kappa shape index (κ1) is 17.8. The lowest BCUT2D eigenvalue weighted by Crippen LogP contribution is -2.51. The molecule has 2 amide bonds. The number of para-hydroxylation sites is 2. The normalized spacial score (nSPS) is 14.1. The minimum atomic E-state index is -0.596. The van der Waals surface area contributed by atoms with Gasteiger partial charge in [-0.1, -0.05) is 24.3 Å². The monoisotopic (exact) mass is 353 g/mol. The Morgan fingerprint density at radius 3 is 2.42 bits per heavy atom. The molecule has 0 saturated carbocycles. The second-order valence-corrected chi connectivity index (χ2v) is 6.27. The average Bonchev–Trinajstić information content (AvgIpc) is 2.67. The van der Waals surface area contributed by atoms with Gasteiger partial charge in [0.25, 0.3) is 0 Å². The molecule has 0 unspecified atom stereocenters. The van der Waals surface area contributed by atoms with Gasteiger partial charge in [-0.15, -0.1) is 0 Å². The molecule has 2 aromatic carbocycles. The minimum Gasteiger partial charge on any atom is -0.495 e. The summed E-state index contributed by atoms with van der Waals surface area (Å²) in [5.74, 6) is -0.281. The van der Waals surface area contributed by atoms with Gasteiger partial charge in [0.1, 0.15) is 5.75 Å². The van der Waals surface area contributed by atoms with E-state index in [4.69, 9.17) is 4.74 Å². The number of nitrogens with one attached hydrogen (secondary N) is 1. The average molecular weight is 353 g/mol. The van der Waals surface area contributed by atoms with Crippen LogP contribution in [0.25, 0.3) is 0 Å². The molecule has 1 heterocycles. The van der Waals surface area contributed by atoms with Crippen LogP contribution in [0.3, 0.4) is 0 Å². The van der Waals surface area contributed by atoms with Crippen LogP contribution in [0.1, 0.15) is 5.56 Å². The van der Waals surface area contributed by atoms with Crippen LogP contribution >= 0.6 is 0 Å². The van der Waals surface area contributed by atoms with Gasteiger partial charge < -0.3 is 19.9 Å². The summed E-state index contributed by atoms with van der Waals surface area (Å²) in [4.78, 5) is 28.4. The number of rotatable bonds is 3. The van der Waals surface area contributed by atoms with E-state index in [2.05, 4.69) is 10.2 Å². The lowest BCUT2D eigenvalue weighted by Gasteiger charge is -2.36. The van der Waals surface area contributed by atoms with Gasteiger partial charge in [0.2, 0.25) is 0 Å². The molecule has 1 aliphatic rings. The summed E-state index contributed by atoms with van der Waals surface area (Å²) >= 11 is 0. The predicted molar refractivity (Wildman–Crippen MR) is 102 cm³/mol. The van der Waals surface area contributed by atoms with E-state index in [0.717, 1.165) is 17.0 Å². The fourth-order valence-electron chi connectivity index (χ4n) is 3.09. The fraction of sp³-hybridized carbons (Fsp3) is 0.300. The number of amides is 2. The molecular formula is C20H23N3O3.